The van der Waals surface area contributed by atoms with Crippen LogP contribution in [0.25, 0.3) is 39.9 Å². The van der Waals surface area contributed by atoms with E-state index in [-0.39, 0.29) is 5.89 Å². The number of carbonyl (C=O) groups is 1. The van der Waals surface area contributed by atoms with E-state index in [1.807, 2.05) is 61.5 Å². The zero-order valence-electron chi connectivity index (χ0n) is 18.2. The second kappa shape index (κ2) is 8.99. The largest absolute Gasteiger partial charge is 0.478 e. The third-order valence-electron chi connectivity index (χ3n) is 5.14. The van der Waals surface area contributed by atoms with Gasteiger partial charge in [0.05, 0.1) is 5.69 Å². The molecule has 34 heavy (non-hydrogen) atoms. The Morgan fingerprint density at radius 1 is 1.00 bits per heavy atom. The van der Waals surface area contributed by atoms with Crippen LogP contribution in [0.3, 0.4) is 0 Å². The number of carboxylic acid groups (broad SMARTS) is 1. The molecule has 2 aromatic heterocycles. The summed E-state index contributed by atoms with van der Waals surface area (Å²) < 4.78 is 11.7. The standard InChI is InChI=1S/C27H19N3O4/c1-17-9-12-19(13-10-17)25-29-27(34-30-25)22-16-20-6-2-3-8-23(20)33-26(22)28-21-7-4-5-18(15-21)11-14-24(31)32/h2-16H,1H3,(H,31,32). The summed E-state index contributed by atoms with van der Waals surface area (Å²) in [5.74, 6) is -0.268. The van der Waals surface area contributed by atoms with Gasteiger partial charge in [0.2, 0.25) is 11.4 Å². The highest BCUT2D eigenvalue weighted by atomic mass is 16.5. The molecule has 1 N–H and O–H groups in total. The minimum absolute atomic E-state index is 0.283. The van der Waals surface area contributed by atoms with Crippen molar-refractivity contribution in [1.82, 2.24) is 10.1 Å². The van der Waals surface area contributed by atoms with E-state index in [0.717, 1.165) is 22.6 Å². The molecule has 7 nitrogen and oxygen atoms in total. The molecule has 0 aliphatic rings. The molecular weight excluding hydrogens is 430 g/mol. The highest BCUT2D eigenvalue weighted by Crippen LogP contribution is 2.24. The fourth-order valence-electron chi connectivity index (χ4n) is 3.44. The fraction of sp³-hybridized carbons (Fsp3) is 0.0370. The van der Waals surface area contributed by atoms with Crippen molar-refractivity contribution in [1.29, 1.82) is 0 Å². The predicted octanol–water partition coefficient (Wildman–Crippen LogP) is 5.79. The maximum Gasteiger partial charge on any atom is 0.328 e. The lowest BCUT2D eigenvalue weighted by atomic mass is 10.1. The van der Waals surface area contributed by atoms with Crippen molar-refractivity contribution in [3.63, 3.8) is 0 Å². The average Bonchev–Trinajstić information content (AvgIpc) is 3.33. The summed E-state index contributed by atoms with van der Waals surface area (Å²) in [6.45, 7) is 2.02. The van der Waals surface area contributed by atoms with Crippen LogP contribution in [-0.2, 0) is 4.79 Å². The number of aliphatic carboxylic acids is 1. The first kappa shape index (κ1) is 21.1. The van der Waals surface area contributed by atoms with E-state index in [1.54, 1.807) is 24.3 Å². The molecule has 0 amide bonds. The molecule has 0 saturated heterocycles. The van der Waals surface area contributed by atoms with Gasteiger partial charge in [-0.3, -0.25) is 0 Å². The Morgan fingerprint density at radius 3 is 2.65 bits per heavy atom. The third-order valence-corrected chi connectivity index (χ3v) is 5.14. The zero-order valence-corrected chi connectivity index (χ0v) is 18.2. The van der Waals surface area contributed by atoms with Crippen LogP contribution in [0.4, 0.5) is 5.69 Å². The lowest BCUT2D eigenvalue weighted by Crippen LogP contribution is -2.05. The SMILES string of the molecule is Cc1ccc(-c2noc(-c3cc4ccccc4oc3=Nc3cccc(C=CC(=O)O)c3)n2)cc1. The number of benzene rings is 3. The van der Waals surface area contributed by atoms with Gasteiger partial charge in [-0.2, -0.15) is 4.98 Å². The minimum Gasteiger partial charge on any atom is -0.478 e. The lowest BCUT2D eigenvalue weighted by molar-refractivity contribution is -0.131. The minimum atomic E-state index is -1.02. The molecule has 7 heteroatoms. The Labute approximate surface area is 194 Å². The van der Waals surface area contributed by atoms with Gasteiger partial charge in [0.15, 0.2) is 0 Å². The van der Waals surface area contributed by atoms with E-state index in [1.165, 1.54) is 6.08 Å². The van der Waals surface area contributed by atoms with Gasteiger partial charge in [-0.25, -0.2) is 9.79 Å². The van der Waals surface area contributed by atoms with E-state index in [2.05, 4.69) is 15.1 Å². The van der Waals surface area contributed by atoms with E-state index in [9.17, 15) is 4.79 Å². The van der Waals surface area contributed by atoms with Crippen molar-refractivity contribution in [3.05, 3.63) is 102 Å². The molecule has 0 atom stereocenters. The predicted molar refractivity (Wildman–Crippen MR) is 128 cm³/mol. The van der Waals surface area contributed by atoms with Gasteiger partial charge in [-0.05, 0) is 42.8 Å². The van der Waals surface area contributed by atoms with E-state index < -0.39 is 5.97 Å². The molecule has 0 bridgehead atoms. The van der Waals surface area contributed by atoms with Crippen LogP contribution in [0, 0.1) is 6.92 Å². The first-order valence-electron chi connectivity index (χ1n) is 10.5. The third kappa shape index (κ3) is 4.54. The Balaban J connectivity index is 1.64. The number of para-hydroxylation sites is 1. The first-order chi connectivity index (χ1) is 16.5. The number of hydrogen-bond donors (Lipinski definition) is 1. The van der Waals surface area contributed by atoms with Crippen LogP contribution < -0.4 is 5.55 Å². The maximum atomic E-state index is 10.8. The Bertz CT molecular complexity index is 1590. The quantitative estimate of drug-likeness (QED) is 0.341. The van der Waals surface area contributed by atoms with Crippen LogP contribution >= 0.6 is 0 Å². The van der Waals surface area contributed by atoms with Crippen molar-refractivity contribution >= 4 is 28.7 Å². The summed E-state index contributed by atoms with van der Waals surface area (Å²) in [5, 5.41) is 13.9. The fourth-order valence-corrected chi connectivity index (χ4v) is 3.44. The summed E-state index contributed by atoms with van der Waals surface area (Å²) in [6.07, 6.45) is 2.58. The Kier molecular flexibility index (Phi) is 5.58. The van der Waals surface area contributed by atoms with Crippen LogP contribution in [0.2, 0.25) is 0 Å². The Morgan fingerprint density at radius 2 is 1.82 bits per heavy atom. The van der Waals surface area contributed by atoms with Gasteiger partial charge in [-0.15, -0.1) is 0 Å². The highest BCUT2D eigenvalue weighted by Gasteiger charge is 2.15. The number of carboxylic acids is 1. The van der Waals surface area contributed by atoms with Crippen LogP contribution in [-0.4, -0.2) is 21.2 Å². The van der Waals surface area contributed by atoms with Gasteiger partial charge >= 0.3 is 5.97 Å². The van der Waals surface area contributed by atoms with Crippen molar-refractivity contribution in [2.24, 2.45) is 4.99 Å². The molecule has 0 fully saturated rings. The molecule has 0 aliphatic carbocycles. The molecule has 2 heterocycles. The molecule has 0 radical (unpaired) electrons. The number of aromatic nitrogens is 2. The summed E-state index contributed by atoms with van der Waals surface area (Å²) >= 11 is 0. The van der Waals surface area contributed by atoms with Crippen molar-refractivity contribution < 1.29 is 18.8 Å². The number of fused-ring (bicyclic) bond motifs is 1. The van der Waals surface area contributed by atoms with E-state index in [0.29, 0.717) is 33.8 Å². The maximum absolute atomic E-state index is 10.8. The molecule has 0 aliphatic heterocycles. The average molecular weight is 449 g/mol. The number of hydrogen-bond acceptors (Lipinski definition) is 6. The molecule has 0 unspecified atom stereocenters. The van der Waals surface area contributed by atoms with E-state index in [4.69, 9.17) is 14.0 Å². The second-order valence-corrected chi connectivity index (χ2v) is 7.67. The summed E-state index contributed by atoms with van der Waals surface area (Å²) in [7, 11) is 0. The van der Waals surface area contributed by atoms with Crippen molar-refractivity contribution in [2.45, 2.75) is 6.92 Å². The topological polar surface area (TPSA) is 102 Å². The lowest BCUT2D eigenvalue weighted by Gasteiger charge is -2.02. The summed E-state index contributed by atoms with van der Waals surface area (Å²) in [4.78, 5) is 20.1. The number of rotatable bonds is 5. The molecule has 0 spiro atoms. The van der Waals surface area contributed by atoms with Crippen LogP contribution in [0.15, 0.2) is 98.9 Å². The molecule has 5 aromatic rings. The van der Waals surface area contributed by atoms with Crippen molar-refractivity contribution in [2.75, 3.05) is 0 Å². The van der Waals surface area contributed by atoms with Gasteiger partial charge in [0.25, 0.3) is 5.89 Å². The van der Waals surface area contributed by atoms with E-state index >= 15 is 0 Å². The smallest absolute Gasteiger partial charge is 0.328 e. The highest BCUT2D eigenvalue weighted by molar-refractivity contribution is 5.85. The second-order valence-electron chi connectivity index (χ2n) is 7.67. The van der Waals surface area contributed by atoms with Gasteiger partial charge in [-0.1, -0.05) is 65.3 Å². The first-order valence-corrected chi connectivity index (χ1v) is 10.5. The van der Waals surface area contributed by atoms with Crippen LogP contribution in [0.5, 0.6) is 0 Å². The summed E-state index contributed by atoms with van der Waals surface area (Å²) in [5.41, 5.74) is 4.78. The number of nitrogens with zero attached hydrogens (tertiary/aromatic N) is 3. The molecule has 166 valence electrons. The van der Waals surface area contributed by atoms with Gasteiger partial charge in [0.1, 0.15) is 11.1 Å². The summed E-state index contributed by atoms with van der Waals surface area (Å²) in [6, 6.07) is 24.5. The normalized spacial score (nSPS) is 12.0. The molecular formula is C27H19N3O4. The zero-order chi connectivity index (χ0) is 23.5. The van der Waals surface area contributed by atoms with Gasteiger partial charge < -0.3 is 14.0 Å². The van der Waals surface area contributed by atoms with Gasteiger partial charge in [0, 0.05) is 17.0 Å². The van der Waals surface area contributed by atoms with Crippen molar-refractivity contribution in [3.8, 4) is 22.8 Å². The monoisotopic (exact) mass is 449 g/mol. The molecule has 3 aromatic carbocycles. The van der Waals surface area contributed by atoms with Crippen LogP contribution in [0.1, 0.15) is 11.1 Å². The number of aryl methyl sites for hydroxylation is 1. The molecule has 0 saturated carbocycles. The Hall–Kier alpha value is -4.78. The molecule has 5 rings (SSSR count).